The second kappa shape index (κ2) is 7.50. The molecule has 0 bridgehead atoms. The predicted octanol–water partition coefficient (Wildman–Crippen LogP) is 4.88. The van der Waals surface area contributed by atoms with Crippen LogP contribution in [-0.4, -0.2) is 40.9 Å². The van der Waals surface area contributed by atoms with Gasteiger partial charge in [-0.3, -0.25) is 9.69 Å². The van der Waals surface area contributed by atoms with Gasteiger partial charge in [-0.15, -0.1) is 0 Å². The van der Waals surface area contributed by atoms with E-state index in [0.717, 1.165) is 36.9 Å². The largest absolute Gasteiger partial charge is 0.434 e. The molecule has 3 aliphatic rings. The van der Waals surface area contributed by atoms with Gasteiger partial charge >= 0.3 is 6.61 Å². The van der Waals surface area contributed by atoms with Crippen molar-refractivity contribution >= 4 is 17.5 Å². The van der Waals surface area contributed by atoms with Crippen LogP contribution in [0.15, 0.2) is 48.5 Å². The van der Waals surface area contributed by atoms with Crippen molar-refractivity contribution in [2.24, 2.45) is 5.92 Å². The van der Waals surface area contributed by atoms with Crippen molar-refractivity contribution in [3.05, 3.63) is 64.7 Å². The molecule has 0 aromatic heterocycles. The maximum Gasteiger partial charge on any atom is 0.387 e. The van der Waals surface area contributed by atoms with Gasteiger partial charge in [-0.2, -0.15) is 8.78 Å². The van der Waals surface area contributed by atoms with Crippen molar-refractivity contribution in [2.75, 3.05) is 13.1 Å². The van der Waals surface area contributed by atoms with Crippen molar-refractivity contribution in [3.63, 3.8) is 0 Å². The number of hydrogen-bond donors (Lipinski definition) is 0. The maximum atomic E-state index is 13.6. The van der Waals surface area contributed by atoms with E-state index in [1.54, 1.807) is 12.1 Å². The Hall–Kier alpha value is -2.18. The number of likely N-dealkylation sites (tertiary alicyclic amines) is 1. The van der Waals surface area contributed by atoms with E-state index in [1.807, 2.05) is 41.3 Å². The summed E-state index contributed by atoms with van der Waals surface area (Å²) in [6.07, 6.45) is 2.51. The Labute approximate surface area is 179 Å². The first-order chi connectivity index (χ1) is 14.5. The first-order valence-electron chi connectivity index (χ1n) is 10.3. The number of carbonyl (C=O) groups is 1. The topological polar surface area (TPSA) is 32.8 Å². The average molecular weight is 433 g/mol. The maximum absolute atomic E-state index is 13.6. The number of hydrogen-bond acceptors (Lipinski definition) is 3. The molecule has 3 saturated heterocycles. The molecule has 3 atom stereocenters. The van der Waals surface area contributed by atoms with Crippen molar-refractivity contribution in [3.8, 4) is 5.75 Å². The molecule has 2 aromatic rings. The number of ether oxygens (including phenoxy) is 1. The van der Waals surface area contributed by atoms with Crippen LogP contribution in [-0.2, 0) is 11.3 Å². The van der Waals surface area contributed by atoms with Gasteiger partial charge in [0.2, 0.25) is 5.91 Å². The summed E-state index contributed by atoms with van der Waals surface area (Å²) >= 11 is 6.11. The molecule has 5 rings (SSSR count). The second-order valence-electron chi connectivity index (χ2n) is 8.40. The van der Waals surface area contributed by atoms with Crippen LogP contribution in [0.2, 0.25) is 5.02 Å². The smallest absolute Gasteiger partial charge is 0.387 e. The summed E-state index contributed by atoms with van der Waals surface area (Å²) in [5.74, 6) is 0.541. The molecule has 2 aromatic carbocycles. The normalized spacial score (nSPS) is 28.3. The summed E-state index contributed by atoms with van der Waals surface area (Å²) in [6, 6.07) is 14.5. The molecule has 3 heterocycles. The SMILES string of the molecule is O=C1N(Cc2cccc(Cl)c2)C[C@@H]2C[C@@H](c3ccccc3OC(F)F)N3CCC[C@@]123. The van der Waals surface area contributed by atoms with Crippen LogP contribution >= 0.6 is 11.6 Å². The van der Waals surface area contributed by atoms with Crippen molar-refractivity contribution in [2.45, 2.75) is 44.0 Å². The molecule has 0 saturated carbocycles. The number of alkyl halides is 2. The van der Waals surface area contributed by atoms with Crippen LogP contribution in [0, 0.1) is 5.92 Å². The molecule has 3 aliphatic heterocycles. The Bertz CT molecular complexity index is 972. The molecule has 3 fully saturated rings. The van der Waals surface area contributed by atoms with Gasteiger partial charge in [-0.25, -0.2) is 0 Å². The van der Waals surface area contributed by atoms with Crippen LogP contribution in [0.25, 0.3) is 0 Å². The fourth-order valence-corrected chi connectivity index (χ4v) is 6.04. The van der Waals surface area contributed by atoms with Crippen LogP contribution in [0.4, 0.5) is 8.78 Å². The molecule has 1 amide bonds. The van der Waals surface area contributed by atoms with E-state index in [-0.39, 0.29) is 23.6 Å². The van der Waals surface area contributed by atoms with Crippen molar-refractivity contribution in [1.29, 1.82) is 0 Å². The summed E-state index contributed by atoms with van der Waals surface area (Å²) in [4.78, 5) is 17.8. The van der Waals surface area contributed by atoms with E-state index in [9.17, 15) is 13.6 Å². The van der Waals surface area contributed by atoms with Crippen LogP contribution in [0.5, 0.6) is 5.75 Å². The molecule has 0 aliphatic carbocycles. The molecule has 7 heteroatoms. The highest BCUT2D eigenvalue weighted by atomic mass is 35.5. The lowest BCUT2D eigenvalue weighted by molar-refractivity contribution is -0.137. The zero-order valence-electron chi connectivity index (χ0n) is 16.4. The van der Waals surface area contributed by atoms with Gasteiger partial charge < -0.3 is 9.64 Å². The molecule has 158 valence electrons. The number of benzene rings is 2. The van der Waals surface area contributed by atoms with Gasteiger partial charge in [0, 0.05) is 35.6 Å². The van der Waals surface area contributed by atoms with Crippen molar-refractivity contribution in [1.82, 2.24) is 9.80 Å². The van der Waals surface area contributed by atoms with E-state index in [2.05, 4.69) is 4.90 Å². The fourth-order valence-electron chi connectivity index (χ4n) is 5.83. The third-order valence-corrected chi connectivity index (χ3v) is 7.12. The molecular formula is C23H23ClF2N2O2. The molecule has 30 heavy (non-hydrogen) atoms. The number of amides is 1. The Kier molecular flexibility index (Phi) is 4.94. The first kappa shape index (κ1) is 19.8. The summed E-state index contributed by atoms with van der Waals surface area (Å²) in [5, 5.41) is 0.663. The number of nitrogens with zero attached hydrogens (tertiary/aromatic N) is 2. The highest BCUT2D eigenvalue weighted by molar-refractivity contribution is 6.30. The second-order valence-corrected chi connectivity index (χ2v) is 8.84. The number of carbonyl (C=O) groups excluding carboxylic acids is 1. The van der Waals surface area contributed by atoms with Crippen LogP contribution in [0.1, 0.15) is 36.4 Å². The minimum absolute atomic E-state index is 0.0790. The quantitative estimate of drug-likeness (QED) is 0.675. The van der Waals surface area contributed by atoms with Gasteiger partial charge in [0.15, 0.2) is 0 Å². The third-order valence-electron chi connectivity index (χ3n) is 6.88. The first-order valence-corrected chi connectivity index (χ1v) is 10.7. The zero-order valence-corrected chi connectivity index (χ0v) is 17.2. The predicted molar refractivity (Wildman–Crippen MR) is 109 cm³/mol. The van der Waals surface area contributed by atoms with E-state index < -0.39 is 12.2 Å². The summed E-state index contributed by atoms with van der Waals surface area (Å²) in [6.45, 7) is -0.854. The molecular weight excluding hydrogens is 410 g/mol. The highest BCUT2D eigenvalue weighted by Gasteiger charge is 2.65. The van der Waals surface area contributed by atoms with E-state index in [4.69, 9.17) is 16.3 Å². The summed E-state index contributed by atoms with van der Waals surface area (Å²) in [5.41, 5.74) is 1.24. The van der Waals surface area contributed by atoms with Gasteiger partial charge in [0.1, 0.15) is 11.3 Å². The molecule has 0 N–H and O–H groups in total. The van der Waals surface area contributed by atoms with E-state index >= 15 is 0 Å². The van der Waals surface area contributed by atoms with Gasteiger partial charge in [-0.1, -0.05) is 41.9 Å². The molecule has 1 spiro atoms. The molecule has 4 nitrogen and oxygen atoms in total. The van der Waals surface area contributed by atoms with Gasteiger partial charge in [0.05, 0.1) is 0 Å². The lowest BCUT2D eigenvalue weighted by atomic mass is 9.85. The number of para-hydroxylation sites is 1. The minimum atomic E-state index is -2.87. The molecule has 0 radical (unpaired) electrons. The zero-order chi connectivity index (χ0) is 20.9. The Morgan fingerprint density at radius 3 is 2.83 bits per heavy atom. The fraction of sp³-hybridized carbons (Fsp3) is 0.435. The lowest BCUT2D eigenvalue weighted by Gasteiger charge is -2.34. The van der Waals surface area contributed by atoms with Crippen LogP contribution < -0.4 is 4.74 Å². The van der Waals surface area contributed by atoms with Crippen LogP contribution in [0.3, 0.4) is 0 Å². The Morgan fingerprint density at radius 2 is 2.03 bits per heavy atom. The third kappa shape index (κ3) is 3.08. The number of halogens is 3. The Balaban J connectivity index is 1.43. The summed E-state index contributed by atoms with van der Waals surface area (Å²) < 4.78 is 30.7. The number of rotatable bonds is 5. The standard InChI is InChI=1S/C23H23ClF2N2O2/c24-17-6-3-5-15(11-17)13-27-14-16-12-19(28-10-4-9-23(16,28)21(27)29)18-7-1-2-8-20(18)30-22(25)26/h1-3,5-8,11,16,19,22H,4,9-10,12-14H2/t16-,19-,23-/m0/s1. The van der Waals surface area contributed by atoms with E-state index in [0.29, 0.717) is 18.1 Å². The molecule has 0 unspecified atom stereocenters. The Morgan fingerprint density at radius 1 is 1.20 bits per heavy atom. The lowest BCUT2D eigenvalue weighted by Crippen LogP contribution is -2.49. The monoisotopic (exact) mass is 432 g/mol. The minimum Gasteiger partial charge on any atom is -0.434 e. The van der Waals surface area contributed by atoms with Gasteiger partial charge in [0.25, 0.3) is 0 Å². The van der Waals surface area contributed by atoms with E-state index in [1.165, 1.54) is 0 Å². The summed E-state index contributed by atoms with van der Waals surface area (Å²) in [7, 11) is 0. The average Bonchev–Trinajstić information content (AvgIpc) is 3.33. The highest BCUT2D eigenvalue weighted by Crippen LogP contribution is 2.57. The van der Waals surface area contributed by atoms with Crippen molar-refractivity contribution < 1.29 is 18.3 Å². The van der Waals surface area contributed by atoms with Gasteiger partial charge in [-0.05, 0) is 49.6 Å².